The predicted molar refractivity (Wildman–Crippen MR) is 210 cm³/mol. The molecule has 1 N–H and O–H groups in total. The highest BCUT2D eigenvalue weighted by atomic mass is 32.2. The summed E-state index contributed by atoms with van der Waals surface area (Å²) in [6.07, 6.45) is 5.67. The maximum absolute atomic E-state index is 13.5. The lowest BCUT2D eigenvalue weighted by Gasteiger charge is -2.46. The molecule has 3 heterocycles. The quantitative estimate of drug-likeness (QED) is 0.120. The molecule has 9 nitrogen and oxygen atoms in total. The smallest absolute Gasteiger partial charge is 0.251 e. The van der Waals surface area contributed by atoms with Gasteiger partial charge in [-0.2, -0.15) is 9.78 Å². The summed E-state index contributed by atoms with van der Waals surface area (Å²) in [4.78, 5) is 14.6. The predicted octanol–water partition coefficient (Wildman–Crippen LogP) is 9.29. The van der Waals surface area contributed by atoms with Crippen molar-refractivity contribution in [3.05, 3.63) is 66.2 Å². The Bertz CT molecular complexity index is 1790. The topological polar surface area (TPSA) is 110 Å². The summed E-state index contributed by atoms with van der Waals surface area (Å²) in [6.45, 7) is 29.1. The fourth-order valence-electron chi connectivity index (χ4n) is 5.42. The van der Waals surface area contributed by atoms with Crippen LogP contribution in [0.15, 0.2) is 54.9 Å². The zero-order valence-electron chi connectivity index (χ0n) is 32.4. The molecule has 1 aliphatic carbocycles. The van der Waals surface area contributed by atoms with E-state index >= 15 is 0 Å². The molecule has 5 rings (SSSR count). The van der Waals surface area contributed by atoms with E-state index in [1.165, 1.54) is 0 Å². The average Bonchev–Trinajstić information content (AvgIpc) is 3.43. The highest BCUT2D eigenvalue weighted by Gasteiger charge is 2.46. The molecule has 2 atom stereocenters. The molecule has 0 bridgehead atoms. The van der Waals surface area contributed by atoms with Crippen LogP contribution in [0.3, 0.4) is 0 Å². The Hall–Kier alpha value is -2.46. The Morgan fingerprint density at radius 2 is 1.60 bits per heavy atom. The molecule has 1 aromatic carbocycles. The number of aromatic nitrogens is 5. The monoisotopic (exact) mass is 734 g/mol. The Labute approximate surface area is 305 Å². The summed E-state index contributed by atoms with van der Waals surface area (Å²) in [5.74, 6) is 0.774. The van der Waals surface area contributed by atoms with Crippen molar-refractivity contribution in [2.24, 2.45) is 5.92 Å². The number of benzene rings is 1. The first-order valence-corrected chi connectivity index (χ1v) is 24.8. The molecule has 1 aliphatic rings. The third-order valence-electron chi connectivity index (χ3n) is 10.9. The van der Waals surface area contributed by atoms with Gasteiger partial charge in [0.25, 0.3) is 5.95 Å². The number of pyridine rings is 1. The summed E-state index contributed by atoms with van der Waals surface area (Å²) in [7, 11) is -3.82. The van der Waals surface area contributed by atoms with Crippen molar-refractivity contribution in [3.8, 4) is 17.2 Å². The van der Waals surface area contributed by atoms with E-state index in [1.54, 1.807) is 10.9 Å². The molecule has 0 saturated heterocycles. The summed E-state index contributed by atoms with van der Waals surface area (Å²) in [5.41, 5.74) is 4.42. The molecule has 272 valence electrons. The fourth-order valence-corrected chi connectivity index (χ4v) is 8.64. The first-order valence-electron chi connectivity index (χ1n) is 17.8. The van der Waals surface area contributed by atoms with Gasteiger partial charge in [0.2, 0.25) is 0 Å². The van der Waals surface area contributed by atoms with E-state index in [2.05, 4.69) is 107 Å². The molecule has 12 heteroatoms. The maximum Gasteiger partial charge on any atom is 0.251 e. The first kappa shape index (κ1) is 38.8. The SMILES string of the molecule is CC(C)(C)[S+]([O-])N[C@H](c1cccc(-c2ccc3cnn(-c4nccc(CO[Si](C)(C)C(C)(C)C)n4)c3c2)n1)C1CC(O[Si](C)(C)C(C)(C)C)C1. The Morgan fingerprint density at radius 3 is 2.24 bits per heavy atom. The zero-order valence-corrected chi connectivity index (χ0v) is 35.2. The van der Waals surface area contributed by atoms with Crippen LogP contribution in [0, 0.1) is 5.92 Å². The highest BCUT2D eigenvalue weighted by molar-refractivity contribution is 7.90. The number of hydrogen-bond acceptors (Lipinski definition) is 8. The maximum atomic E-state index is 13.5. The summed E-state index contributed by atoms with van der Waals surface area (Å²) in [6, 6.07) is 14.1. The molecule has 4 aromatic rings. The second-order valence-corrected chi connectivity index (χ2v) is 29.4. The molecule has 50 heavy (non-hydrogen) atoms. The van der Waals surface area contributed by atoms with Crippen LogP contribution in [-0.4, -0.2) is 56.8 Å². The molecule has 1 unspecified atom stereocenters. The van der Waals surface area contributed by atoms with E-state index < -0.39 is 32.7 Å². The van der Waals surface area contributed by atoms with Gasteiger partial charge in [0.15, 0.2) is 16.6 Å². The van der Waals surface area contributed by atoms with Crippen molar-refractivity contribution < 1.29 is 13.4 Å². The average molecular weight is 735 g/mol. The molecule has 1 fully saturated rings. The second kappa shape index (κ2) is 14.2. The van der Waals surface area contributed by atoms with Crippen molar-refractivity contribution in [3.63, 3.8) is 0 Å². The minimum atomic E-state index is -1.93. The molecule has 0 spiro atoms. The summed E-state index contributed by atoms with van der Waals surface area (Å²) in [5, 5.41) is 5.92. The number of nitrogens with one attached hydrogen (secondary N) is 1. The van der Waals surface area contributed by atoms with Crippen LogP contribution in [0.25, 0.3) is 28.1 Å². The Kier molecular flexibility index (Phi) is 11.0. The number of hydrogen-bond donors (Lipinski definition) is 1. The van der Waals surface area contributed by atoms with Gasteiger partial charge in [-0.25, -0.2) is 9.97 Å². The van der Waals surface area contributed by atoms with Gasteiger partial charge in [0, 0.05) is 34.6 Å². The third-order valence-corrected chi connectivity index (χ3v) is 21.5. The third kappa shape index (κ3) is 8.59. The normalized spacial score (nSPS) is 19.0. The molecule has 3 aromatic heterocycles. The van der Waals surface area contributed by atoms with Crippen LogP contribution in [0.1, 0.15) is 92.6 Å². The van der Waals surface area contributed by atoms with Gasteiger partial charge in [-0.1, -0.05) is 59.7 Å². The molecular formula is C38H58N6O3SSi2. The van der Waals surface area contributed by atoms with Crippen molar-refractivity contribution in [1.29, 1.82) is 0 Å². The lowest BCUT2D eigenvalue weighted by Crippen LogP contribution is -2.51. The Morgan fingerprint density at radius 1 is 0.920 bits per heavy atom. The van der Waals surface area contributed by atoms with Gasteiger partial charge < -0.3 is 13.4 Å². The van der Waals surface area contributed by atoms with Crippen LogP contribution >= 0.6 is 0 Å². The number of fused-ring (bicyclic) bond motifs is 1. The van der Waals surface area contributed by atoms with E-state index in [0.29, 0.717) is 12.6 Å². The van der Waals surface area contributed by atoms with Crippen molar-refractivity contribution in [2.45, 2.75) is 135 Å². The van der Waals surface area contributed by atoms with E-state index in [1.807, 2.05) is 45.2 Å². The largest absolute Gasteiger partial charge is 0.598 e. The van der Waals surface area contributed by atoms with Gasteiger partial charge in [-0.3, -0.25) is 4.98 Å². The standard InChI is InChI=1S/C38H58N6O3SSi2/c1-36(2,3)48(45)43-34(28-21-30(22-28)47-50(12,13)38(7,8)9)32-16-14-15-31(42-32)26-17-18-27-24-40-44(33(27)23-26)35-39-20-19-29(41-35)25-46-49(10,11)37(4,5)6/h14-20,23-24,28,30,34,43H,21-22,25H2,1-13H3/t28?,30?,34-,48?/m0/s1. The summed E-state index contributed by atoms with van der Waals surface area (Å²) < 4.78 is 31.5. The molecule has 0 radical (unpaired) electrons. The number of rotatable bonds is 11. The molecular weight excluding hydrogens is 677 g/mol. The van der Waals surface area contributed by atoms with E-state index in [0.717, 1.165) is 46.4 Å². The number of nitrogens with zero attached hydrogens (tertiary/aromatic N) is 5. The van der Waals surface area contributed by atoms with Crippen LogP contribution in [0.2, 0.25) is 36.3 Å². The fraction of sp³-hybridized carbons (Fsp3) is 0.579. The van der Waals surface area contributed by atoms with Gasteiger partial charge in [0.1, 0.15) is 4.75 Å². The zero-order chi connectivity index (χ0) is 36.9. The van der Waals surface area contributed by atoms with Gasteiger partial charge in [-0.15, -0.1) is 4.72 Å². The van der Waals surface area contributed by atoms with Crippen LogP contribution in [0.5, 0.6) is 0 Å². The molecule has 0 amide bonds. The van der Waals surface area contributed by atoms with Gasteiger partial charge >= 0.3 is 0 Å². The van der Waals surface area contributed by atoms with Gasteiger partial charge in [0.05, 0.1) is 41.4 Å². The minimum Gasteiger partial charge on any atom is -0.598 e. The van der Waals surface area contributed by atoms with Crippen molar-refractivity contribution in [2.75, 3.05) is 0 Å². The molecule has 0 aliphatic heterocycles. The van der Waals surface area contributed by atoms with Crippen molar-refractivity contribution in [1.82, 2.24) is 29.5 Å². The van der Waals surface area contributed by atoms with Crippen molar-refractivity contribution >= 4 is 38.9 Å². The first-order chi connectivity index (χ1) is 23.1. The molecule has 1 saturated carbocycles. The Balaban J connectivity index is 1.41. The van der Waals surface area contributed by atoms with Crippen LogP contribution < -0.4 is 4.72 Å². The van der Waals surface area contributed by atoms with Crippen LogP contribution in [0.4, 0.5) is 0 Å². The van der Waals surface area contributed by atoms with E-state index in [9.17, 15) is 4.55 Å². The summed E-state index contributed by atoms with van der Waals surface area (Å²) >= 11 is -1.26. The van der Waals surface area contributed by atoms with E-state index in [-0.39, 0.29) is 28.1 Å². The minimum absolute atomic E-state index is 0.113. The van der Waals surface area contributed by atoms with Crippen LogP contribution in [-0.2, 0) is 26.8 Å². The second-order valence-electron chi connectivity index (χ2n) is 17.9. The highest BCUT2D eigenvalue weighted by Crippen LogP contribution is 2.45. The van der Waals surface area contributed by atoms with E-state index in [4.69, 9.17) is 18.8 Å². The lowest BCUT2D eigenvalue weighted by atomic mass is 9.76. The van der Waals surface area contributed by atoms with Gasteiger partial charge in [-0.05, 0) is 100 Å². The lowest BCUT2D eigenvalue weighted by molar-refractivity contribution is 0.0365.